The highest BCUT2D eigenvalue weighted by atomic mass is 14.7. The van der Waals surface area contributed by atoms with Gasteiger partial charge in [-0.15, -0.1) is 0 Å². The topological polar surface area (TPSA) is 12.4 Å². The van der Waals surface area contributed by atoms with E-state index in [1.807, 2.05) is 6.21 Å². The van der Waals surface area contributed by atoms with Gasteiger partial charge in [-0.1, -0.05) is 48.5 Å². The Morgan fingerprint density at radius 2 is 1.28 bits per heavy atom. The molecule has 1 aliphatic carbocycles. The second-order valence-electron chi connectivity index (χ2n) is 4.78. The Bertz CT molecular complexity index is 645. The van der Waals surface area contributed by atoms with E-state index in [0.717, 1.165) is 13.0 Å². The number of benzene rings is 2. The molecule has 0 spiro atoms. The lowest BCUT2D eigenvalue weighted by Crippen LogP contribution is -1.89. The van der Waals surface area contributed by atoms with E-state index in [4.69, 9.17) is 0 Å². The average Bonchev–Trinajstić information content (AvgIpc) is 3.03. The molecule has 0 atom stereocenters. The highest BCUT2D eigenvalue weighted by molar-refractivity contribution is 6.08. The molecule has 1 heterocycles. The fraction of sp³-hybridized carbons (Fsp3) is 0.118. The van der Waals surface area contributed by atoms with Gasteiger partial charge in [0.15, 0.2) is 0 Å². The van der Waals surface area contributed by atoms with Gasteiger partial charge < -0.3 is 0 Å². The van der Waals surface area contributed by atoms with Gasteiger partial charge in [0.1, 0.15) is 0 Å². The zero-order valence-corrected chi connectivity index (χ0v) is 10.1. The van der Waals surface area contributed by atoms with Gasteiger partial charge in [-0.2, -0.15) is 0 Å². The standard InChI is InChI=1S/C17H13N/c1-3-7-15-13(5-1)14-6-2-4-8-16(14)17(15)12-9-10-18-11-12/h1-8,11H,9-10H2. The van der Waals surface area contributed by atoms with Crippen molar-refractivity contribution in [3.05, 3.63) is 65.2 Å². The van der Waals surface area contributed by atoms with E-state index in [1.54, 1.807) is 0 Å². The van der Waals surface area contributed by atoms with Crippen molar-refractivity contribution >= 4 is 11.8 Å². The van der Waals surface area contributed by atoms with Crippen molar-refractivity contribution < 1.29 is 0 Å². The van der Waals surface area contributed by atoms with Crippen LogP contribution in [0.15, 0.2) is 59.1 Å². The second-order valence-corrected chi connectivity index (χ2v) is 4.78. The van der Waals surface area contributed by atoms with Crippen LogP contribution in [0.25, 0.3) is 16.7 Å². The van der Waals surface area contributed by atoms with Crippen LogP contribution < -0.4 is 0 Å². The largest absolute Gasteiger partial charge is 0.293 e. The van der Waals surface area contributed by atoms with E-state index in [0.29, 0.717) is 0 Å². The first-order valence-electron chi connectivity index (χ1n) is 6.37. The van der Waals surface area contributed by atoms with E-state index < -0.39 is 0 Å². The summed E-state index contributed by atoms with van der Waals surface area (Å²) >= 11 is 0. The first-order valence-corrected chi connectivity index (χ1v) is 6.37. The van der Waals surface area contributed by atoms with Crippen molar-refractivity contribution in [3.8, 4) is 11.1 Å². The Labute approximate surface area is 107 Å². The third-order valence-electron chi connectivity index (χ3n) is 3.76. The highest BCUT2D eigenvalue weighted by Crippen LogP contribution is 2.45. The minimum absolute atomic E-state index is 0.934. The van der Waals surface area contributed by atoms with E-state index in [2.05, 4.69) is 53.5 Å². The van der Waals surface area contributed by atoms with Gasteiger partial charge in [-0.3, -0.25) is 4.99 Å². The van der Waals surface area contributed by atoms with Gasteiger partial charge in [-0.05, 0) is 39.8 Å². The molecule has 86 valence electrons. The molecule has 0 saturated heterocycles. The minimum Gasteiger partial charge on any atom is -0.293 e. The van der Waals surface area contributed by atoms with Crippen molar-refractivity contribution in [2.75, 3.05) is 6.54 Å². The van der Waals surface area contributed by atoms with Gasteiger partial charge in [0.25, 0.3) is 0 Å². The highest BCUT2D eigenvalue weighted by Gasteiger charge is 2.25. The molecule has 0 aromatic heterocycles. The summed E-state index contributed by atoms with van der Waals surface area (Å²) in [4.78, 5) is 4.37. The fourth-order valence-corrected chi connectivity index (χ4v) is 2.98. The molecule has 2 aromatic rings. The van der Waals surface area contributed by atoms with Gasteiger partial charge in [-0.25, -0.2) is 0 Å². The lowest BCUT2D eigenvalue weighted by atomic mass is 9.98. The molecule has 0 saturated carbocycles. The Hall–Kier alpha value is -2.15. The molecular weight excluding hydrogens is 218 g/mol. The maximum atomic E-state index is 4.37. The molecule has 0 fully saturated rings. The summed E-state index contributed by atoms with van der Waals surface area (Å²) in [6.45, 7) is 0.934. The first-order chi connectivity index (χ1) is 8.95. The Morgan fingerprint density at radius 3 is 1.78 bits per heavy atom. The Morgan fingerprint density at radius 1 is 0.722 bits per heavy atom. The molecule has 0 unspecified atom stereocenters. The quantitative estimate of drug-likeness (QED) is 0.555. The average molecular weight is 231 g/mol. The summed E-state index contributed by atoms with van der Waals surface area (Å²) in [5.74, 6) is 0. The van der Waals surface area contributed by atoms with Crippen LogP contribution in [0, 0.1) is 0 Å². The molecule has 2 aliphatic rings. The number of hydrogen-bond donors (Lipinski definition) is 0. The predicted molar refractivity (Wildman–Crippen MR) is 75.9 cm³/mol. The second kappa shape index (κ2) is 3.67. The molecule has 1 nitrogen and oxygen atoms in total. The van der Waals surface area contributed by atoms with Crippen LogP contribution in [-0.4, -0.2) is 12.8 Å². The molecule has 0 amide bonds. The van der Waals surface area contributed by atoms with Crippen LogP contribution in [-0.2, 0) is 0 Å². The van der Waals surface area contributed by atoms with Crippen molar-refractivity contribution in [3.63, 3.8) is 0 Å². The van der Waals surface area contributed by atoms with Crippen molar-refractivity contribution in [2.24, 2.45) is 4.99 Å². The smallest absolute Gasteiger partial charge is 0.0430 e. The van der Waals surface area contributed by atoms with Crippen LogP contribution in [0.3, 0.4) is 0 Å². The molecule has 0 N–H and O–H groups in total. The minimum atomic E-state index is 0.934. The SMILES string of the molecule is C1=NCCC1=C1c2ccccc2-c2ccccc21. The number of nitrogens with zero attached hydrogens (tertiary/aromatic N) is 1. The van der Waals surface area contributed by atoms with Crippen LogP contribution in [0.1, 0.15) is 17.5 Å². The number of rotatable bonds is 0. The van der Waals surface area contributed by atoms with Gasteiger partial charge in [0.2, 0.25) is 0 Å². The molecule has 1 aliphatic heterocycles. The van der Waals surface area contributed by atoms with E-state index in [9.17, 15) is 0 Å². The third kappa shape index (κ3) is 1.25. The monoisotopic (exact) mass is 231 g/mol. The van der Waals surface area contributed by atoms with Crippen LogP contribution in [0.2, 0.25) is 0 Å². The van der Waals surface area contributed by atoms with E-state index in [-0.39, 0.29) is 0 Å². The molecule has 4 rings (SSSR count). The van der Waals surface area contributed by atoms with Crippen LogP contribution >= 0.6 is 0 Å². The zero-order chi connectivity index (χ0) is 11.9. The predicted octanol–water partition coefficient (Wildman–Crippen LogP) is 3.94. The molecular formula is C17H13N. The third-order valence-corrected chi connectivity index (χ3v) is 3.76. The number of aliphatic imine (C=N–C) groups is 1. The maximum Gasteiger partial charge on any atom is 0.0430 e. The summed E-state index contributed by atoms with van der Waals surface area (Å²) in [6.07, 6.45) is 3.12. The van der Waals surface area contributed by atoms with Gasteiger partial charge in [0.05, 0.1) is 0 Å². The van der Waals surface area contributed by atoms with E-state index in [1.165, 1.54) is 33.4 Å². The van der Waals surface area contributed by atoms with Gasteiger partial charge in [0, 0.05) is 12.8 Å². The zero-order valence-electron chi connectivity index (χ0n) is 10.1. The number of fused-ring (bicyclic) bond motifs is 3. The summed E-state index contributed by atoms with van der Waals surface area (Å²) < 4.78 is 0. The fourth-order valence-electron chi connectivity index (χ4n) is 2.98. The molecule has 0 radical (unpaired) electrons. The lowest BCUT2D eigenvalue weighted by Gasteiger charge is -2.05. The molecule has 2 aromatic carbocycles. The van der Waals surface area contributed by atoms with E-state index >= 15 is 0 Å². The van der Waals surface area contributed by atoms with Crippen molar-refractivity contribution in [2.45, 2.75) is 6.42 Å². The lowest BCUT2D eigenvalue weighted by molar-refractivity contribution is 1.04. The molecule has 0 bridgehead atoms. The van der Waals surface area contributed by atoms with Crippen LogP contribution in [0.5, 0.6) is 0 Å². The summed E-state index contributed by atoms with van der Waals surface area (Å²) in [6, 6.07) is 17.4. The summed E-state index contributed by atoms with van der Waals surface area (Å²) in [5, 5.41) is 0. The van der Waals surface area contributed by atoms with Gasteiger partial charge >= 0.3 is 0 Å². The Kier molecular flexibility index (Phi) is 2.01. The van der Waals surface area contributed by atoms with Crippen molar-refractivity contribution in [1.29, 1.82) is 0 Å². The summed E-state index contributed by atoms with van der Waals surface area (Å²) in [7, 11) is 0. The number of hydrogen-bond acceptors (Lipinski definition) is 1. The van der Waals surface area contributed by atoms with Crippen molar-refractivity contribution in [1.82, 2.24) is 0 Å². The van der Waals surface area contributed by atoms with Crippen LogP contribution in [0.4, 0.5) is 0 Å². The first kappa shape index (κ1) is 9.84. The normalized spacial score (nSPS) is 16.0. The molecule has 1 heteroatoms. The summed E-state index contributed by atoms with van der Waals surface area (Å²) in [5.41, 5.74) is 8.21. The molecule has 18 heavy (non-hydrogen) atoms. The maximum absolute atomic E-state index is 4.37. The Balaban J connectivity index is 2.10.